The van der Waals surface area contributed by atoms with E-state index in [0.717, 1.165) is 36.8 Å². The first kappa shape index (κ1) is 17.2. The van der Waals surface area contributed by atoms with Crippen LogP contribution in [0.1, 0.15) is 40.4 Å². The van der Waals surface area contributed by atoms with Gasteiger partial charge in [0.15, 0.2) is 11.5 Å². The van der Waals surface area contributed by atoms with Crippen molar-refractivity contribution in [2.24, 2.45) is 5.92 Å². The highest BCUT2D eigenvalue weighted by atomic mass is 16.7. The van der Waals surface area contributed by atoms with Gasteiger partial charge >= 0.3 is 0 Å². The highest BCUT2D eigenvalue weighted by Gasteiger charge is 2.55. The zero-order chi connectivity index (χ0) is 19.5. The van der Waals surface area contributed by atoms with E-state index >= 15 is 0 Å². The number of ether oxygens (including phenoxy) is 2. The quantitative estimate of drug-likeness (QED) is 0.781. The van der Waals surface area contributed by atoms with Crippen molar-refractivity contribution < 1.29 is 14.3 Å². The number of likely N-dealkylation sites (tertiary alicyclic amines) is 1. The predicted octanol–water partition coefficient (Wildman–Crippen LogP) is 2.22. The molecular formula is C22H24N4O3. The second-order valence-corrected chi connectivity index (χ2v) is 8.55. The van der Waals surface area contributed by atoms with Gasteiger partial charge in [-0.05, 0) is 56.5 Å². The van der Waals surface area contributed by atoms with Crippen LogP contribution >= 0.6 is 0 Å². The number of benzene rings is 1. The molecule has 7 heteroatoms. The maximum atomic E-state index is 13.5. The molecule has 1 amide bonds. The molecule has 5 aliphatic rings. The van der Waals surface area contributed by atoms with Crippen LogP contribution in [0.15, 0.2) is 30.7 Å². The van der Waals surface area contributed by atoms with Gasteiger partial charge in [0.25, 0.3) is 5.91 Å². The lowest BCUT2D eigenvalue weighted by molar-refractivity contribution is -0.00346. The van der Waals surface area contributed by atoms with Crippen molar-refractivity contribution in [1.29, 1.82) is 0 Å². The zero-order valence-electron chi connectivity index (χ0n) is 16.5. The van der Waals surface area contributed by atoms with E-state index in [2.05, 4.69) is 31.9 Å². The molecule has 0 saturated carbocycles. The molecule has 1 aromatic heterocycles. The zero-order valence-corrected chi connectivity index (χ0v) is 16.5. The first-order valence-corrected chi connectivity index (χ1v) is 10.4. The number of hydrogen-bond acceptors (Lipinski definition) is 6. The summed E-state index contributed by atoms with van der Waals surface area (Å²) in [6, 6.07) is 6.86. The summed E-state index contributed by atoms with van der Waals surface area (Å²) in [6.07, 6.45) is 5.50. The van der Waals surface area contributed by atoms with Gasteiger partial charge in [-0.1, -0.05) is 6.07 Å². The van der Waals surface area contributed by atoms with E-state index in [4.69, 9.17) is 9.47 Å². The van der Waals surface area contributed by atoms with E-state index in [1.807, 2.05) is 13.0 Å². The molecule has 1 aromatic carbocycles. The van der Waals surface area contributed by atoms with Crippen LogP contribution in [0.2, 0.25) is 0 Å². The third-order valence-corrected chi connectivity index (χ3v) is 7.22. The van der Waals surface area contributed by atoms with Crippen LogP contribution in [-0.4, -0.2) is 64.2 Å². The van der Waals surface area contributed by atoms with Crippen molar-refractivity contribution in [2.45, 2.75) is 37.8 Å². The van der Waals surface area contributed by atoms with E-state index in [1.165, 1.54) is 24.7 Å². The van der Waals surface area contributed by atoms with Crippen LogP contribution in [0.3, 0.4) is 0 Å². The Balaban J connectivity index is 1.39. The molecular weight excluding hydrogens is 368 g/mol. The first-order valence-electron chi connectivity index (χ1n) is 10.4. The fourth-order valence-corrected chi connectivity index (χ4v) is 5.85. The Labute approximate surface area is 169 Å². The lowest BCUT2D eigenvalue weighted by Gasteiger charge is -2.51. The number of nitrogens with zero attached hydrogens (tertiary/aromatic N) is 4. The summed E-state index contributed by atoms with van der Waals surface area (Å²) in [5.41, 5.74) is 2.59. The van der Waals surface area contributed by atoms with E-state index in [1.54, 1.807) is 6.20 Å². The molecule has 0 unspecified atom stereocenters. The number of carbonyl (C=O) groups excluding carboxylic acids is 1. The number of fused-ring (bicyclic) bond motifs is 3. The molecule has 0 spiro atoms. The van der Waals surface area contributed by atoms with Crippen molar-refractivity contribution >= 4 is 5.91 Å². The molecule has 0 radical (unpaired) electrons. The van der Waals surface area contributed by atoms with Crippen LogP contribution in [0.5, 0.6) is 11.5 Å². The number of hydrogen-bond donors (Lipinski definition) is 0. The monoisotopic (exact) mass is 392 g/mol. The molecule has 2 aromatic rings. The van der Waals surface area contributed by atoms with Crippen LogP contribution in [0.4, 0.5) is 0 Å². The van der Waals surface area contributed by atoms with Crippen molar-refractivity contribution in [1.82, 2.24) is 19.8 Å². The van der Waals surface area contributed by atoms with E-state index in [-0.39, 0.29) is 24.7 Å². The molecule has 6 heterocycles. The lowest BCUT2D eigenvalue weighted by Crippen LogP contribution is -2.60. The van der Waals surface area contributed by atoms with Crippen LogP contribution in [-0.2, 0) is 0 Å². The first-order chi connectivity index (χ1) is 14.2. The minimum Gasteiger partial charge on any atom is -0.454 e. The average molecular weight is 392 g/mol. The molecule has 29 heavy (non-hydrogen) atoms. The van der Waals surface area contributed by atoms with Gasteiger partial charge in [0, 0.05) is 24.7 Å². The van der Waals surface area contributed by atoms with Crippen LogP contribution < -0.4 is 9.47 Å². The summed E-state index contributed by atoms with van der Waals surface area (Å²) < 4.78 is 11.1. The third-order valence-electron chi connectivity index (χ3n) is 7.22. The number of rotatable bonds is 2. The SMILES string of the molecule is Cc1ncncc1C(=O)N1C[C@H](c2ccc3c(c2)OCO3)[C@H]2[C@@H]1C1CCN2CC1. The van der Waals surface area contributed by atoms with Gasteiger partial charge in [0.1, 0.15) is 6.33 Å². The van der Waals surface area contributed by atoms with Crippen LogP contribution in [0, 0.1) is 12.8 Å². The number of aryl methyl sites for hydroxylation is 1. The van der Waals surface area contributed by atoms with Crippen molar-refractivity contribution in [3.63, 3.8) is 0 Å². The Morgan fingerprint density at radius 1 is 1.14 bits per heavy atom. The van der Waals surface area contributed by atoms with E-state index in [9.17, 15) is 4.79 Å². The molecule has 150 valence electrons. The normalized spacial score (nSPS) is 31.8. The topological polar surface area (TPSA) is 67.8 Å². The standard InChI is InChI=1S/C22H24N4O3/c1-13-16(9-23-11-24-13)22(27)26-10-17(15-2-3-18-19(8-15)29-12-28-18)21-20(26)14-4-6-25(21)7-5-14/h2-3,8-9,11,14,17,20-21H,4-7,10,12H2,1H3/t17-,20+,21+/m1/s1. The molecule has 2 bridgehead atoms. The van der Waals surface area contributed by atoms with Gasteiger partial charge in [-0.2, -0.15) is 0 Å². The predicted molar refractivity (Wildman–Crippen MR) is 105 cm³/mol. The van der Waals surface area contributed by atoms with Gasteiger partial charge in [-0.3, -0.25) is 9.69 Å². The maximum absolute atomic E-state index is 13.5. The lowest BCUT2D eigenvalue weighted by atomic mass is 9.75. The summed E-state index contributed by atoms with van der Waals surface area (Å²) in [5, 5.41) is 0. The average Bonchev–Trinajstić information content (AvgIpc) is 3.40. The third kappa shape index (κ3) is 2.56. The second kappa shape index (κ2) is 6.42. The molecule has 3 atom stereocenters. The molecule has 7 rings (SSSR count). The molecule has 7 nitrogen and oxygen atoms in total. The minimum atomic E-state index is 0.0649. The van der Waals surface area contributed by atoms with Crippen molar-refractivity contribution in [3.05, 3.63) is 47.5 Å². The Bertz CT molecular complexity index is 972. The molecule has 0 aliphatic carbocycles. The van der Waals surface area contributed by atoms with Crippen molar-refractivity contribution in [2.75, 3.05) is 26.4 Å². The van der Waals surface area contributed by atoms with Gasteiger partial charge in [-0.25, -0.2) is 9.97 Å². The highest BCUT2D eigenvalue weighted by molar-refractivity contribution is 5.95. The largest absolute Gasteiger partial charge is 0.454 e. The van der Waals surface area contributed by atoms with E-state index in [0.29, 0.717) is 17.5 Å². The number of amides is 1. The second-order valence-electron chi connectivity index (χ2n) is 8.55. The summed E-state index contributed by atoms with van der Waals surface area (Å²) in [7, 11) is 0. The molecule has 5 aliphatic heterocycles. The Kier molecular flexibility index (Phi) is 3.81. The fourth-order valence-electron chi connectivity index (χ4n) is 5.85. The Hall–Kier alpha value is -2.67. The smallest absolute Gasteiger partial charge is 0.257 e. The number of piperidine rings is 3. The summed E-state index contributed by atoms with van der Waals surface area (Å²) >= 11 is 0. The Morgan fingerprint density at radius 3 is 2.79 bits per heavy atom. The van der Waals surface area contributed by atoms with Gasteiger partial charge in [-0.15, -0.1) is 0 Å². The number of carbonyl (C=O) groups is 1. The summed E-state index contributed by atoms with van der Waals surface area (Å²) in [6.45, 7) is 5.13. The van der Waals surface area contributed by atoms with Crippen molar-refractivity contribution in [3.8, 4) is 11.5 Å². The number of aromatic nitrogens is 2. The fraction of sp³-hybridized carbons (Fsp3) is 0.500. The molecule has 4 saturated heterocycles. The maximum Gasteiger partial charge on any atom is 0.257 e. The summed E-state index contributed by atoms with van der Waals surface area (Å²) in [4.78, 5) is 26.6. The van der Waals surface area contributed by atoms with Gasteiger partial charge in [0.2, 0.25) is 6.79 Å². The van der Waals surface area contributed by atoms with E-state index < -0.39 is 0 Å². The summed E-state index contributed by atoms with van der Waals surface area (Å²) in [5.74, 6) is 2.52. The minimum absolute atomic E-state index is 0.0649. The highest BCUT2D eigenvalue weighted by Crippen LogP contribution is 2.48. The van der Waals surface area contributed by atoms with Gasteiger partial charge < -0.3 is 14.4 Å². The molecule has 0 N–H and O–H groups in total. The van der Waals surface area contributed by atoms with Gasteiger partial charge in [0.05, 0.1) is 17.3 Å². The molecule has 4 fully saturated rings. The Morgan fingerprint density at radius 2 is 1.97 bits per heavy atom. The van der Waals surface area contributed by atoms with Crippen LogP contribution in [0.25, 0.3) is 0 Å².